The number of sulfonamides is 1. The first kappa shape index (κ1) is 14.6. The van der Waals surface area contributed by atoms with Crippen LogP contribution in [-0.4, -0.2) is 34.3 Å². The van der Waals surface area contributed by atoms with E-state index >= 15 is 0 Å². The second kappa shape index (κ2) is 5.31. The Morgan fingerprint density at radius 1 is 1.55 bits per heavy atom. The van der Waals surface area contributed by atoms with E-state index in [-0.39, 0.29) is 15.6 Å². The van der Waals surface area contributed by atoms with E-state index in [1.807, 2.05) is 0 Å². The van der Waals surface area contributed by atoms with Gasteiger partial charge in [-0.15, -0.1) is 11.3 Å². The average Bonchev–Trinajstić information content (AvgIpc) is 2.93. The molecule has 20 heavy (non-hydrogen) atoms. The van der Waals surface area contributed by atoms with Crippen molar-refractivity contribution in [3.05, 3.63) is 28.7 Å². The van der Waals surface area contributed by atoms with Crippen LogP contribution in [0.4, 0.5) is 0 Å². The number of carboxylic acid groups (broad SMARTS) is 1. The van der Waals surface area contributed by atoms with Crippen molar-refractivity contribution in [2.45, 2.75) is 17.7 Å². The third kappa shape index (κ3) is 3.03. The maximum absolute atomic E-state index is 12.0. The van der Waals surface area contributed by atoms with Gasteiger partial charge in [0.2, 0.25) is 10.0 Å². The minimum Gasteiger partial charge on any atom is -0.477 e. The molecule has 0 bridgehead atoms. The number of aryl methyl sites for hydroxylation is 2. The van der Waals surface area contributed by atoms with Crippen molar-refractivity contribution in [1.82, 2.24) is 19.5 Å². The molecule has 0 radical (unpaired) electrons. The minimum absolute atomic E-state index is 0.0151. The number of carboxylic acids is 1. The predicted molar refractivity (Wildman–Crippen MR) is 71.0 cm³/mol. The van der Waals surface area contributed by atoms with Crippen molar-refractivity contribution in [1.29, 1.82) is 0 Å². The third-order valence-electron chi connectivity index (χ3n) is 2.42. The van der Waals surface area contributed by atoms with Crippen LogP contribution in [-0.2, 0) is 23.6 Å². The third-order valence-corrected chi connectivity index (χ3v) is 5.52. The molecule has 2 aromatic rings. The quantitative estimate of drug-likeness (QED) is 0.823. The second-order valence-electron chi connectivity index (χ2n) is 4.04. The number of hydrogen-bond donors (Lipinski definition) is 2. The van der Waals surface area contributed by atoms with Crippen molar-refractivity contribution < 1.29 is 18.3 Å². The minimum atomic E-state index is -3.77. The summed E-state index contributed by atoms with van der Waals surface area (Å²) < 4.78 is 27.8. The molecule has 0 unspecified atom stereocenters. The molecule has 0 aromatic carbocycles. The van der Waals surface area contributed by atoms with Crippen molar-refractivity contribution in [3.8, 4) is 0 Å². The summed E-state index contributed by atoms with van der Waals surface area (Å²) in [7, 11) is -2.10. The van der Waals surface area contributed by atoms with Crippen molar-refractivity contribution >= 4 is 27.3 Å². The molecule has 0 saturated heterocycles. The molecular formula is C10H12N4O4S2. The van der Waals surface area contributed by atoms with Gasteiger partial charge in [0.05, 0.1) is 6.54 Å². The fraction of sp³-hybridized carbons (Fsp3) is 0.300. The zero-order valence-corrected chi connectivity index (χ0v) is 12.3. The molecule has 0 fully saturated rings. The maximum atomic E-state index is 12.0. The Bertz CT molecular complexity index is 747. The van der Waals surface area contributed by atoms with E-state index in [0.717, 1.165) is 11.3 Å². The summed E-state index contributed by atoms with van der Waals surface area (Å²) in [6.45, 7) is 1.50. The number of thiophene rings is 1. The Labute approximate surface area is 119 Å². The fourth-order valence-corrected chi connectivity index (χ4v) is 3.90. The van der Waals surface area contributed by atoms with Crippen LogP contribution in [0.1, 0.15) is 21.1 Å². The van der Waals surface area contributed by atoms with E-state index in [1.54, 1.807) is 14.0 Å². The SMILES string of the molecule is Cc1cc(S(=O)(=O)NCc2ncn(C)n2)sc1C(=O)O. The summed E-state index contributed by atoms with van der Waals surface area (Å²) in [6, 6.07) is 1.34. The lowest BCUT2D eigenvalue weighted by Crippen LogP contribution is -2.23. The summed E-state index contributed by atoms with van der Waals surface area (Å²) >= 11 is 0.719. The van der Waals surface area contributed by atoms with E-state index in [9.17, 15) is 13.2 Å². The van der Waals surface area contributed by atoms with Gasteiger partial charge in [-0.1, -0.05) is 0 Å². The van der Waals surface area contributed by atoms with Gasteiger partial charge in [0, 0.05) is 7.05 Å². The van der Waals surface area contributed by atoms with Gasteiger partial charge >= 0.3 is 5.97 Å². The van der Waals surface area contributed by atoms with Gasteiger partial charge < -0.3 is 5.11 Å². The Morgan fingerprint density at radius 2 is 2.25 bits per heavy atom. The molecule has 0 amide bonds. The molecule has 2 rings (SSSR count). The van der Waals surface area contributed by atoms with Gasteiger partial charge in [-0.25, -0.2) is 22.9 Å². The number of hydrogen-bond acceptors (Lipinski definition) is 6. The number of aromatic nitrogens is 3. The highest BCUT2D eigenvalue weighted by molar-refractivity contribution is 7.91. The van der Waals surface area contributed by atoms with Crippen LogP contribution in [0.3, 0.4) is 0 Å². The first-order chi connectivity index (χ1) is 9.29. The molecule has 0 aliphatic carbocycles. The highest BCUT2D eigenvalue weighted by Crippen LogP contribution is 2.25. The summed E-state index contributed by atoms with van der Waals surface area (Å²) in [5.74, 6) is -0.803. The molecule has 2 N–H and O–H groups in total. The van der Waals surface area contributed by atoms with Crippen LogP contribution in [0, 0.1) is 6.92 Å². The van der Waals surface area contributed by atoms with Crippen LogP contribution in [0.2, 0.25) is 0 Å². The van der Waals surface area contributed by atoms with E-state index < -0.39 is 16.0 Å². The number of nitrogens with zero attached hydrogens (tertiary/aromatic N) is 3. The van der Waals surface area contributed by atoms with Gasteiger partial charge in [-0.05, 0) is 18.6 Å². The van der Waals surface area contributed by atoms with Crippen LogP contribution in [0.15, 0.2) is 16.6 Å². The first-order valence-electron chi connectivity index (χ1n) is 5.47. The van der Waals surface area contributed by atoms with Gasteiger partial charge in [0.25, 0.3) is 0 Å². The summed E-state index contributed by atoms with van der Waals surface area (Å²) in [5.41, 5.74) is 0.416. The van der Waals surface area contributed by atoms with E-state index in [2.05, 4.69) is 14.8 Å². The zero-order valence-electron chi connectivity index (χ0n) is 10.7. The molecule has 0 saturated carbocycles. The highest BCUT2D eigenvalue weighted by Gasteiger charge is 2.21. The molecule has 2 aromatic heterocycles. The van der Waals surface area contributed by atoms with E-state index in [4.69, 9.17) is 5.11 Å². The molecule has 10 heteroatoms. The Balaban J connectivity index is 2.18. The lowest BCUT2D eigenvalue weighted by atomic mass is 10.3. The largest absolute Gasteiger partial charge is 0.477 e. The van der Waals surface area contributed by atoms with Gasteiger partial charge in [0.1, 0.15) is 15.4 Å². The molecule has 108 valence electrons. The van der Waals surface area contributed by atoms with Crippen LogP contribution in [0.25, 0.3) is 0 Å². The lowest BCUT2D eigenvalue weighted by molar-refractivity contribution is 0.0701. The molecule has 0 aliphatic rings. The van der Waals surface area contributed by atoms with Gasteiger partial charge in [0.15, 0.2) is 5.82 Å². The Kier molecular flexibility index (Phi) is 3.88. The molecule has 0 aliphatic heterocycles. The molecule has 2 heterocycles. The fourth-order valence-electron chi connectivity index (χ4n) is 1.49. The topological polar surface area (TPSA) is 114 Å². The number of nitrogens with one attached hydrogen (secondary N) is 1. The van der Waals surface area contributed by atoms with Crippen LogP contribution >= 0.6 is 11.3 Å². The van der Waals surface area contributed by atoms with Gasteiger partial charge in [-0.3, -0.25) is 4.68 Å². The maximum Gasteiger partial charge on any atom is 0.346 e. The molecule has 0 atom stereocenters. The summed E-state index contributed by atoms with van der Waals surface area (Å²) in [4.78, 5) is 14.8. The number of aromatic carboxylic acids is 1. The van der Waals surface area contributed by atoms with Crippen molar-refractivity contribution in [3.63, 3.8) is 0 Å². The molecular weight excluding hydrogens is 304 g/mol. The standard InChI is InChI=1S/C10H12N4O4S2/c1-6-3-8(19-9(6)10(15)16)20(17,18)12-4-7-11-5-14(2)13-7/h3,5,12H,4H2,1-2H3,(H,15,16). The average molecular weight is 316 g/mol. The lowest BCUT2D eigenvalue weighted by Gasteiger charge is -2.01. The molecule has 0 spiro atoms. The Morgan fingerprint density at radius 3 is 2.75 bits per heavy atom. The highest BCUT2D eigenvalue weighted by atomic mass is 32.2. The summed E-state index contributed by atoms with van der Waals surface area (Å²) in [5, 5.41) is 12.9. The zero-order chi connectivity index (χ0) is 14.9. The smallest absolute Gasteiger partial charge is 0.346 e. The number of rotatable bonds is 5. The van der Waals surface area contributed by atoms with E-state index in [0.29, 0.717) is 11.4 Å². The van der Waals surface area contributed by atoms with Gasteiger partial charge in [-0.2, -0.15) is 5.10 Å². The Hall–Kier alpha value is -1.78. The van der Waals surface area contributed by atoms with Crippen molar-refractivity contribution in [2.75, 3.05) is 0 Å². The monoisotopic (exact) mass is 316 g/mol. The van der Waals surface area contributed by atoms with Crippen LogP contribution < -0.4 is 4.72 Å². The van der Waals surface area contributed by atoms with Crippen LogP contribution in [0.5, 0.6) is 0 Å². The normalized spacial score (nSPS) is 11.7. The first-order valence-corrected chi connectivity index (χ1v) is 7.77. The number of carbonyl (C=O) groups is 1. The molecule has 8 nitrogen and oxygen atoms in total. The second-order valence-corrected chi connectivity index (χ2v) is 7.09. The van der Waals surface area contributed by atoms with Crippen molar-refractivity contribution in [2.24, 2.45) is 7.05 Å². The summed E-state index contributed by atoms with van der Waals surface area (Å²) in [6.07, 6.45) is 1.46. The van der Waals surface area contributed by atoms with E-state index in [1.165, 1.54) is 17.1 Å². The predicted octanol–water partition coefficient (Wildman–Crippen LogP) is 0.362.